The van der Waals surface area contributed by atoms with E-state index in [9.17, 15) is 9.90 Å². The van der Waals surface area contributed by atoms with E-state index in [2.05, 4.69) is 10.6 Å². The van der Waals surface area contributed by atoms with Crippen LogP contribution in [0.2, 0.25) is 5.02 Å². The number of rotatable bonds is 3. The molecular formula is C13H17ClN2O2S. The highest BCUT2D eigenvalue weighted by Gasteiger charge is 2.29. The van der Waals surface area contributed by atoms with E-state index in [4.69, 9.17) is 11.6 Å². The van der Waals surface area contributed by atoms with E-state index >= 15 is 0 Å². The van der Waals surface area contributed by atoms with Gasteiger partial charge in [0.2, 0.25) is 0 Å². The molecule has 1 aromatic carbocycles. The Kier molecular flexibility index (Phi) is 4.96. The lowest BCUT2D eigenvalue weighted by atomic mass is 9.97. The average molecular weight is 301 g/mol. The molecular weight excluding hydrogens is 284 g/mol. The molecule has 1 aliphatic rings. The summed E-state index contributed by atoms with van der Waals surface area (Å²) in [5, 5.41) is 16.3. The Morgan fingerprint density at radius 3 is 2.58 bits per heavy atom. The van der Waals surface area contributed by atoms with E-state index in [1.807, 2.05) is 11.8 Å². The van der Waals surface area contributed by atoms with Gasteiger partial charge in [0.15, 0.2) is 0 Å². The molecule has 1 aliphatic heterocycles. The Morgan fingerprint density at radius 2 is 1.95 bits per heavy atom. The summed E-state index contributed by atoms with van der Waals surface area (Å²) in [5.74, 6) is 1.88. The van der Waals surface area contributed by atoms with E-state index in [0.717, 1.165) is 24.3 Å². The molecule has 0 unspecified atom stereocenters. The third-order valence-corrected chi connectivity index (χ3v) is 4.34. The first-order valence-corrected chi connectivity index (χ1v) is 7.71. The van der Waals surface area contributed by atoms with Gasteiger partial charge in [-0.2, -0.15) is 11.8 Å². The van der Waals surface area contributed by atoms with Crippen LogP contribution in [0.1, 0.15) is 12.8 Å². The number of hydrogen-bond acceptors (Lipinski definition) is 3. The maximum atomic E-state index is 11.7. The highest BCUT2D eigenvalue weighted by molar-refractivity contribution is 7.99. The Labute approximate surface area is 121 Å². The third-order valence-electron chi connectivity index (χ3n) is 3.10. The highest BCUT2D eigenvalue weighted by Crippen LogP contribution is 2.26. The third kappa shape index (κ3) is 4.60. The number of anilines is 1. The van der Waals surface area contributed by atoms with E-state index in [1.165, 1.54) is 0 Å². The lowest BCUT2D eigenvalue weighted by Crippen LogP contribution is -2.46. The van der Waals surface area contributed by atoms with Crippen LogP contribution >= 0.6 is 23.4 Å². The number of amides is 2. The van der Waals surface area contributed by atoms with Gasteiger partial charge in [0.05, 0.1) is 5.60 Å². The molecule has 6 heteroatoms. The van der Waals surface area contributed by atoms with Gasteiger partial charge in [0, 0.05) is 17.3 Å². The molecule has 3 N–H and O–H groups in total. The van der Waals surface area contributed by atoms with Crippen molar-refractivity contribution in [1.82, 2.24) is 5.32 Å². The van der Waals surface area contributed by atoms with Gasteiger partial charge in [-0.15, -0.1) is 0 Å². The highest BCUT2D eigenvalue weighted by atomic mass is 35.5. The van der Waals surface area contributed by atoms with Crippen molar-refractivity contribution in [2.75, 3.05) is 23.4 Å². The smallest absolute Gasteiger partial charge is 0.319 e. The first kappa shape index (κ1) is 14.5. The molecule has 0 saturated carbocycles. The zero-order valence-corrected chi connectivity index (χ0v) is 12.1. The molecule has 0 radical (unpaired) electrons. The van der Waals surface area contributed by atoms with Crippen molar-refractivity contribution in [3.8, 4) is 0 Å². The molecule has 0 aromatic heterocycles. The van der Waals surface area contributed by atoms with E-state index in [-0.39, 0.29) is 12.6 Å². The molecule has 1 heterocycles. The number of hydrogen-bond donors (Lipinski definition) is 3. The number of urea groups is 1. The fourth-order valence-electron chi connectivity index (χ4n) is 1.88. The minimum absolute atomic E-state index is 0.285. The first-order chi connectivity index (χ1) is 9.07. The van der Waals surface area contributed by atoms with Crippen LogP contribution in [0, 0.1) is 0 Å². The molecule has 0 aliphatic carbocycles. The fraction of sp³-hybridized carbons (Fsp3) is 0.462. The van der Waals surface area contributed by atoms with Crippen LogP contribution in [0.4, 0.5) is 10.5 Å². The number of aliphatic hydroxyl groups is 1. The van der Waals surface area contributed by atoms with Gasteiger partial charge in [0.1, 0.15) is 0 Å². The Hall–Kier alpha value is -0.910. The summed E-state index contributed by atoms with van der Waals surface area (Å²) in [7, 11) is 0. The van der Waals surface area contributed by atoms with Gasteiger partial charge in [-0.3, -0.25) is 0 Å². The van der Waals surface area contributed by atoms with Gasteiger partial charge >= 0.3 is 6.03 Å². The number of carbonyl (C=O) groups is 1. The average Bonchev–Trinajstić information content (AvgIpc) is 2.40. The van der Waals surface area contributed by atoms with Crippen molar-refractivity contribution in [2.45, 2.75) is 18.4 Å². The van der Waals surface area contributed by atoms with Crippen LogP contribution in [-0.2, 0) is 0 Å². The molecule has 104 valence electrons. The normalized spacial score (nSPS) is 17.8. The zero-order valence-electron chi connectivity index (χ0n) is 10.5. The van der Waals surface area contributed by atoms with Crippen LogP contribution in [-0.4, -0.2) is 34.8 Å². The second-order valence-electron chi connectivity index (χ2n) is 4.65. The number of carbonyl (C=O) groups excluding carboxylic acids is 1. The van der Waals surface area contributed by atoms with Gasteiger partial charge in [0.25, 0.3) is 0 Å². The predicted molar refractivity (Wildman–Crippen MR) is 80.0 cm³/mol. The molecule has 0 bridgehead atoms. The van der Waals surface area contributed by atoms with Crippen molar-refractivity contribution in [3.05, 3.63) is 29.3 Å². The van der Waals surface area contributed by atoms with Gasteiger partial charge < -0.3 is 15.7 Å². The van der Waals surface area contributed by atoms with Crippen LogP contribution in [0.15, 0.2) is 24.3 Å². The number of thioether (sulfide) groups is 1. The Bertz CT molecular complexity index is 433. The monoisotopic (exact) mass is 300 g/mol. The van der Waals surface area contributed by atoms with Crippen molar-refractivity contribution >= 4 is 35.1 Å². The molecule has 1 fully saturated rings. The summed E-state index contributed by atoms with van der Waals surface area (Å²) in [6.07, 6.45) is 1.44. The second kappa shape index (κ2) is 6.50. The summed E-state index contributed by atoms with van der Waals surface area (Å²) in [6.45, 7) is 0.285. The standard InChI is InChI=1S/C13H17ClN2O2S/c14-10-1-3-11(4-2-10)16-12(17)15-9-13(18)5-7-19-8-6-13/h1-4,18H,5-9H2,(H2,15,16,17). The van der Waals surface area contributed by atoms with Crippen LogP contribution in [0.25, 0.3) is 0 Å². The minimum Gasteiger partial charge on any atom is -0.388 e. The fourth-order valence-corrected chi connectivity index (χ4v) is 3.26. The largest absolute Gasteiger partial charge is 0.388 e. The summed E-state index contributed by atoms with van der Waals surface area (Å²) >= 11 is 7.60. The molecule has 4 nitrogen and oxygen atoms in total. The molecule has 19 heavy (non-hydrogen) atoms. The molecule has 1 saturated heterocycles. The Balaban J connectivity index is 1.79. The van der Waals surface area contributed by atoms with E-state index in [1.54, 1.807) is 24.3 Å². The minimum atomic E-state index is -0.761. The van der Waals surface area contributed by atoms with E-state index in [0.29, 0.717) is 10.7 Å². The van der Waals surface area contributed by atoms with Crippen molar-refractivity contribution < 1.29 is 9.90 Å². The van der Waals surface area contributed by atoms with Crippen LogP contribution in [0.3, 0.4) is 0 Å². The lowest BCUT2D eigenvalue weighted by molar-refractivity contribution is 0.0351. The summed E-state index contributed by atoms with van der Waals surface area (Å²) in [5.41, 5.74) is -0.0872. The SMILES string of the molecule is O=C(NCC1(O)CCSCC1)Nc1ccc(Cl)cc1. The zero-order chi connectivity index (χ0) is 13.7. The maximum absolute atomic E-state index is 11.7. The lowest BCUT2D eigenvalue weighted by Gasteiger charge is -2.31. The molecule has 2 rings (SSSR count). The molecule has 1 aromatic rings. The van der Waals surface area contributed by atoms with E-state index < -0.39 is 5.60 Å². The van der Waals surface area contributed by atoms with Gasteiger partial charge in [-0.1, -0.05) is 11.6 Å². The summed E-state index contributed by atoms with van der Waals surface area (Å²) in [4.78, 5) is 11.7. The van der Waals surface area contributed by atoms with Crippen molar-refractivity contribution in [2.24, 2.45) is 0 Å². The van der Waals surface area contributed by atoms with Crippen molar-refractivity contribution in [1.29, 1.82) is 0 Å². The number of nitrogens with one attached hydrogen (secondary N) is 2. The molecule has 2 amide bonds. The van der Waals surface area contributed by atoms with Crippen LogP contribution in [0.5, 0.6) is 0 Å². The van der Waals surface area contributed by atoms with Gasteiger partial charge in [-0.25, -0.2) is 4.79 Å². The quantitative estimate of drug-likeness (QED) is 0.804. The summed E-state index contributed by atoms with van der Waals surface area (Å²) in [6, 6.07) is 6.57. The van der Waals surface area contributed by atoms with Gasteiger partial charge in [-0.05, 0) is 48.6 Å². The predicted octanol–water partition coefficient (Wildman–Crippen LogP) is 2.72. The first-order valence-electron chi connectivity index (χ1n) is 6.18. The van der Waals surface area contributed by atoms with Crippen LogP contribution < -0.4 is 10.6 Å². The maximum Gasteiger partial charge on any atom is 0.319 e. The number of halogens is 1. The number of benzene rings is 1. The molecule has 0 spiro atoms. The molecule has 0 atom stereocenters. The summed E-state index contributed by atoms with van der Waals surface area (Å²) < 4.78 is 0. The Morgan fingerprint density at radius 1 is 1.32 bits per heavy atom. The topological polar surface area (TPSA) is 61.4 Å². The second-order valence-corrected chi connectivity index (χ2v) is 6.31. The van der Waals surface area contributed by atoms with Crippen molar-refractivity contribution in [3.63, 3.8) is 0 Å².